The van der Waals surface area contributed by atoms with Crippen molar-refractivity contribution in [1.29, 1.82) is 0 Å². The molecule has 7 nitrogen and oxygen atoms in total. The maximum atomic E-state index is 12.8. The van der Waals surface area contributed by atoms with E-state index in [0.717, 1.165) is 18.4 Å². The second-order valence-electron chi connectivity index (χ2n) is 7.14. The van der Waals surface area contributed by atoms with Crippen molar-refractivity contribution in [2.45, 2.75) is 26.2 Å². The van der Waals surface area contributed by atoms with E-state index in [4.69, 9.17) is 0 Å². The average Bonchev–Trinajstić information content (AvgIpc) is 3.43. The van der Waals surface area contributed by atoms with Crippen LogP contribution in [0.1, 0.15) is 41.4 Å². The largest absolute Gasteiger partial charge is 0.287 e. The standard InChI is InChI=1S/C22H22N4O3S2/c1-2-3-4-13-31(28,29)25-17-8-5-7-16(14-17)19-10-11-23-22-18(15-24-26(19)22)21(27)20-9-6-12-30-20/h5-12,14-15,25H,2-4,13H2,1H3. The molecule has 4 rings (SSSR count). The average molecular weight is 455 g/mol. The van der Waals surface area contributed by atoms with Crippen LogP contribution < -0.4 is 4.72 Å². The van der Waals surface area contributed by atoms with Crippen LogP contribution in [0.15, 0.2) is 60.2 Å². The Hall–Kier alpha value is -3.04. The number of hydrogen-bond donors (Lipinski definition) is 1. The van der Waals surface area contributed by atoms with Crippen molar-refractivity contribution in [3.8, 4) is 11.3 Å². The molecule has 0 bridgehead atoms. The molecule has 0 saturated heterocycles. The van der Waals surface area contributed by atoms with Crippen molar-refractivity contribution in [3.63, 3.8) is 0 Å². The molecule has 9 heteroatoms. The number of fused-ring (bicyclic) bond motifs is 1. The van der Waals surface area contributed by atoms with Gasteiger partial charge in [-0.15, -0.1) is 11.3 Å². The molecule has 0 amide bonds. The number of unbranched alkanes of at least 4 members (excludes halogenated alkanes) is 2. The number of carbonyl (C=O) groups excluding carboxylic acids is 1. The Morgan fingerprint density at radius 1 is 1.16 bits per heavy atom. The van der Waals surface area contributed by atoms with E-state index in [1.54, 1.807) is 41.0 Å². The molecule has 0 radical (unpaired) electrons. The summed E-state index contributed by atoms with van der Waals surface area (Å²) in [4.78, 5) is 17.8. The highest BCUT2D eigenvalue weighted by atomic mass is 32.2. The minimum absolute atomic E-state index is 0.0952. The van der Waals surface area contributed by atoms with E-state index in [2.05, 4.69) is 14.8 Å². The monoisotopic (exact) mass is 454 g/mol. The van der Waals surface area contributed by atoms with Crippen LogP contribution in [0.3, 0.4) is 0 Å². The van der Waals surface area contributed by atoms with Gasteiger partial charge in [0, 0.05) is 17.4 Å². The Morgan fingerprint density at radius 3 is 2.81 bits per heavy atom. The molecule has 1 aromatic carbocycles. The van der Waals surface area contributed by atoms with Crippen LogP contribution in [0, 0.1) is 0 Å². The summed E-state index contributed by atoms with van der Waals surface area (Å²) in [5.74, 6) is -0.0268. The van der Waals surface area contributed by atoms with Gasteiger partial charge in [-0.25, -0.2) is 17.9 Å². The topological polar surface area (TPSA) is 93.4 Å². The molecule has 0 spiro atoms. The van der Waals surface area contributed by atoms with Gasteiger partial charge in [-0.3, -0.25) is 9.52 Å². The zero-order valence-electron chi connectivity index (χ0n) is 17.0. The predicted octanol–water partition coefficient (Wildman–Crippen LogP) is 4.62. The highest BCUT2D eigenvalue weighted by molar-refractivity contribution is 7.92. The molecule has 0 aliphatic rings. The van der Waals surface area contributed by atoms with Crippen LogP contribution in [-0.2, 0) is 10.0 Å². The molecular weight excluding hydrogens is 432 g/mol. The fourth-order valence-electron chi connectivity index (χ4n) is 3.33. The molecule has 0 aliphatic carbocycles. The maximum absolute atomic E-state index is 12.8. The summed E-state index contributed by atoms with van der Waals surface area (Å²) < 4.78 is 29.0. The van der Waals surface area contributed by atoms with Gasteiger partial charge in [0.05, 0.1) is 28.1 Å². The summed E-state index contributed by atoms with van der Waals surface area (Å²) in [6.45, 7) is 2.04. The van der Waals surface area contributed by atoms with Crippen LogP contribution in [0.25, 0.3) is 16.9 Å². The Kier molecular flexibility index (Phi) is 6.15. The third kappa shape index (κ3) is 4.67. The first-order valence-corrected chi connectivity index (χ1v) is 12.5. The number of thiophene rings is 1. The van der Waals surface area contributed by atoms with Crippen LogP contribution in [0.2, 0.25) is 0 Å². The normalized spacial score (nSPS) is 11.6. The number of sulfonamides is 1. The number of nitrogens with one attached hydrogen (secondary N) is 1. The van der Waals surface area contributed by atoms with Crippen molar-refractivity contribution in [3.05, 3.63) is 70.7 Å². The summed E-state index contributed by atoms with van der Waals surface area (Å²) in [5, 5.41) is 6.23. The molecule has 0 unspecified atom stereocenters. The second kappa shape index (κ2) is 8.99. The molecule has 0 saturated carbocycles. The number of hydrogen-bond acceptors (Lipinski definition) is 6. The van der Waals surface area contributed by atoms with Crippen LogP contribution in [-0.4, -0.2) is 34.6 Å². The van der Waals surface area contributed by atoms with Gasteiger partial charge in [0.1, 0.15) is 0 Å². The molecule has 0 atom stereocenters. The van der Waals surface area contributed by atoms with Crippen molar-refractivity contribution >= 4 is 38.5 Å². The highest BCUT2D eigenvalue weighted by Crippen LogP contribution is 2.26. The van der Waals surface area contributed by atoms with Crippen molar-refractivity contribution < 1.29 is 13.2 Å². The molecule has 0 aliphatic heterocycles. The number of nitrogens with zero attached hydrogens (tertiary/aromatic N) is 3. The third-order valence-corrected chi connectivity index (χ3v) is 7.08. The first-order valence-electron chi connectivity index (χ1n) is 10.0. The van der Waals surface area contributed by atoms with E-state index in [-0.39, 0.29) is 11.5 Å². The summed E-state index contributed by atoms with van der Waals surface area (Å²) >= 11 is 1.37. The lowest BCUT2D eigenvalue weighted by Crippen LogP contribution is -2.16. The van der Waals surface area contributed by atoms with E-state index in [0.29, 0.717) is 33.9 Å². The van der Waals surface area contributed by atoms with E-state index in [1.165, 1.54) is 17.5 Å². The van der Waals surface area contributed by atoms with Gasteiger partial charge in [-0.1, -0.05) is 38.0 Å². The lowest BCUT2D eigenvalue weighted by molar-refractivity contribution is 0.104. The quantitative estimate of drug-likeness (QED) is 0.294. The third-order valence-electron chi connectivity index (χ3n) is 4.84. The molecule has 160 valence electrons. The van der Waals surface area contributed by atoms with E-state index < -0.39 is 10.0 Å². The minimum atomic E-state index is -3.41. The Labute approximate surface area is 184 Å². The first kappa shape index (κ1) is 21.2. The second-order valence-corrected chi connectivity index (χ2v) is 9.93. The Bertz CT molecular complexity index is 1310. The number of rotatable bonds is 9. The maximum Gasteiger partial charge on any atom is 0.232 e. The van der Waals surface area contributed by atoms with Crippen LogP contribution >= 0.6 is 11.3 Å². The Balaban J connectivity index is 1.65. The summed E-state index contributed by atoms with van der Waals surface area (Å²) in [6, 6.07) is 12.5. The number of anilines is 1. The van der Waals surface area contributed by atoms with E-state index in [9.17, 15) is 13.2 Å². The molecule has 31 heavy (non-hydrogen) atoms. The fraction of sp³-hybridized carbons (Fsp3) is 0.227. The number of ketones is 1. The van der Waals surface area contributed by atoms with Gasteiger partial charge in [0.25, 0.3) is 0 Å². The van der Waals surface area contributed by atoms with Crippen molar-refractivity contribution in [1.82, 2.24) is 14.6 Å². The van der Waals surface area contributed by atoms with Gasteiger partial charge < -0.3 is 0 Å². The van der Waals surface area contributed by atoms with E-state index in [1.807, 2.05) is 24.4 Å². The molecule has 1 N–H and O–H groups in total. The zero-order chi connectivity index (χ0) is 21.8. The van der Waals surface area contributed by atoms with Gasteiger partial charge in [0.15, 0.2) is 5.65 Å². The summed E-state index contributed by atoms with van der Waals surface area (Å²) in [7, 11) is -3.41. The number of aromatic nitrogens is 3. The Morgan fingerprint density at radius 2 is 2.03 bits per heavy atom. The number of benzene rings is 1. The van der Waals surface area contributed by atoms with Crippen LogP contribution in [0.5, 0.6) is 0 Å². The first-order chi connectivity index (χ1) is 15.0. The fourth-order valence-corrected chi connectivity index (χ4v) is 5.18. The zero-order valence-corrected chi connectivity index (χ0v) is 18.6. The summed E-state index contributed by atoms with van der Waals surface area (Å²) in [6.07, 6.45) is 5.61. The highest BCUT2D eigenvalue weighted by Gasteiger charge is 2.19. The lowest BCUT2D eigenvalue weighted by Gasteiger charge is -2.10. The van der Waals surface area contributed by atoms with Gasteiger partial charge >= 0.3 is 0 Å². The minimum Gasteiger partial charge on any atom is -0.287 e. The molecule has 3 aromatic heterocycles. The number of carbonyl (C=O) groups is 1. The van der Waals surface area contributed by atoms with Crippen molar-refractivity contribution in [2.24, 2.45) is 0 Å². The predicted molar refractivity (Wildman–Crippen MR) is 123 cm³/mol. The molecular formula is C22H22N4O3S2. The van der Waals surface area contributed by atoms with Crippen LogP contribution in [0.4, 0.5) is 5.69 Å². The molecule has 4 aromatic rings. The molecule has 0 fully saturated rings. The SMILES string of the molecule is CCCCCS(=O)(=O)Nc1cccc(-c2ccnc3c(C(=O)c4cccs4)cnn23)c1. The smallest absolute Gasteiger partial charge is 0.232 e. The van der Waals surface area contributed by atoms with Gasteiger partial charge in [-0.05, 0) is 36.1 Å². The summed E-state index contributed by atoms with van der Waals surface area (Å²) in [5.41, 5.74) is 2.85. The molecule has 3 heterocycles. The lowest BCUT2D eigenvalue weighted by atomic mass is 10.1. The van der Waals surface area contributed by atoms with Crippen molar-refractivity contribution in [2.75, 3.05) is 10.5 Å². The van der Waals surface area contributed by atoms with Gasteiger partial charge in [-0.2, -0.15) is 5.10 Å². The van der Waals surface area contributed by atoms with Gasteiger partial charge in [0.2, 0.25) is 15.8 Å². The van der Waals surface area contributed by atoms with E-state index >= 15 is 0 Å².